The van der Waals surface area contributed by atoms with E-state index >= 15 is 0 Å². The van der Waals surface area contributed by atoms with Gasteiger partial charge >= 0.3 is 6.18 Å². The van der Waals surface area contributed by atoms with Crippen LogP contribution in [0.3, 0.4) is 0 Å². The number of carbonyl (C=O) groups excluding carboxylic acids is 1. The molecule has 3 rings (SSSR count). The van der Waals surface area contributed by atoms with Gasteiger partial charge in [0.25, 0.3) is 5.91 Å². The highest BCUT2D eigenvalue weighted by molar-refractivity contribution is 5.96. The molecule has 9 heteroatoms. The summed E-state index contributed by atoms with van der Waals surface area (Å²) >= 11 is 0. The molecule has 1 atom stereocenters. The molecule has 1 aliphatic heterocycles. The Balaban J connectivity index is 1.75. The predicted molar refractivity (Wildman–Crippen MR) is 81.7 cm³/mol. The van der Waals surface area contributed by atoms with Crippen LogP contribution in [-0.2, 0) is 17.5 Å². The van der Waals surface area contributed by atoms with E-state index in [1.165, 1.54) is 23.1 Å². The van der Waals surface area contributed by atoms with Gasteiger partial charge < -0.3 is 9.64 Å². The number of hydrogen-bond donors (Lipinski definition) is 0. The number of carbonyl (C=O) groups is 1. The first-order valence-corrected chi connectivity index (χ1v) is 7.75. The van der Waals surface area contributed by atoms with Crippen molar-refractivity contribution < 1.29 is 22.7 Å². The summed E-state index contributed by atoms with van der Waals surface area (Å²) in [4.78, 5) is 14.0. The van der Waals surface area contributed by atoms with E-state index in [0.29, 0.717) is 31.8 Å². The van der Waals surface area contributed by atoms with Gasteiger partial charge in [0, 0.05) is 20.2 Å². The third-order valence-electron chi connectivity index (χ3n) is 4.14. The summed E-state index contributed by atoms with van der Waals surface area (Å²) in [5.41, 5.74) is -0.574. The number of nitrogens with zero attached hydrogens (tertiary/aromatic N) is 4. The summed E-state index contributed by atoms with van der Waals surface area (Å²) in [6.45, 7) is 0.990. The van der Waals surface area contributed by atoms with Crippen molar-refractivity contribution in [3.63, 3.8) is 0 Å². The maximum Gasteiger partial charge on any atom is 0.417 e. The van der Waals surface area contributed by atoms with Crippen LogP contribution in [0.15, 0.2) is 30.5 Å². The maximum absolute atomic E-state index is 13.1. The van der Waals surface area contributed by atoms with Crippen molar-refractivity contribution in [2.24, 2.45) is 0 Å². The third kappa shape index (κ3) is 3.65. The van der Waals surface area contributed by atoms with Gasteiger partial charge in [0.1, 0.15) is 5.69 Å². The van der Waals surface area contributed by atoms with E-state index < -0.39 is 17.6 Å². The number of amides is 1. The summed E-state index contributed by atoms with van der Waals surface area (Å²) in [7, 11) is 1.55. The number of ether oxygens (including phenoxy) is 1. The molecule has 0 spiro atoms. The maximum atomic E-state index is 13.1. The van der Waals surface area contributed by atoms with Crippen LogP contribution >= 0.6 is 0 Å². The first-order valence-electron chi connectivity index (χ1n) is 7.75. The summed E-state index contributed by atoms with van der Waals surface area (Å²) in [6.07, 6.45) is -2.23. The van der Waals surface area contributed by atoms with E-state index in [0.717, 1.165) is 6.07 Å². The lowest BCUT2D eigenvalue weighted by molar-refractivity contribution is -0.138. The zero-order chi connectivity index (χ0) is 18.0. The van der Waals surface area contributed by atoms with Gasteiger partial charge in [-0.2, -0.15) is 13.2 Å². The first-order chi connectivity index (χ1) is 11.9. The fourth-order valence-electron chi connectivity index (χ4n) is 2.94. The molecule has 0 aliphatic carbocycles. The van der Waals surface area contributed by atoms with Gasteiger partial charge in [0.15, 0.2) is 0 Å². The molecule has 25 heavy (non-hydrogen) atoms. The standard InChI is InChI=1S/C16H17F3N4O2/c1-25-10-11-8-23(21-20-11)12-6-7-22(9-12)15(24)13-4-2-3-5-14(13)16(17,18)19/h2-5,8,12H,6-7,9-10H2,1H3/t12-/m1/s1. The Bertz CT molecular complexity index is 760. The van der Waals surface area contributed by atoms with E-state index in [1.807, 2.05) is 0 Å². The van der Waals surface area contributed by atoms with Gasteiger partial charge in [-0.05, 0) is 18.6 Å². The minimum Gasteiger partial charge on any atom is -0.378 e. The molecule has 0 N–H and O–H groups in total. The molecular formula is C16H17F3N4O2. The molecule has 2 aromatic rings. The summed E-state index contributed by atoms with van der Waals surface area (Å²) in [5, 5.41) is 7.97. The monoisotopic (exact) mass is 354 g/mol. The molecule has 6 nitrogen and oxygen atoms in total. The highest BCUT2D eigenvalue weighted by Crippen LogP contribution is 2.33. The van der Waals surface area contributed by atoms with Gasteiger partial charge in [-0.25, -0.2) is 4.68 Å². The quantitative estimate of drug-likeness (QED) is 0.847. The van der Waals surface area contributed by atoms with E-state index in [4.69, 9.17) is 4.74 Å². The molecule has 0 radical (unpaired) electrons. The fraction of sp³-hybridized carbons (Fsp3) is 0.438. The molecule has 2 heterocycles. The van der Waals surface area contributed by atoms with Crippen LogP contribution in [0, 0.1) is 0 Å². The zero-order valence-electron chi connectivity index (χ0n) is 13.5. The van der Waals surface area contributed by atoms with Crippen molar-refractivity contribution in [2.75, 3.05) is 20.2 Å². The minimum absolute atomic E-state index is 0.111. The predicted octanol–water partition coefficient (Wildman–Crippen LogP) is 2.53. The van der Waals surface area contributed by atoms with Crippen molar-refractivity contribution in [1.29, 1.82) is 0 Å². The van der Waals surface area contributed by atoms with Gasteiger partial charge in [0.05, 0.1) is 30.0 Å². The number of alkyl halides is 3. The molecular weight excluding hydrogens is 337 g/mol. The Kier molecular flexibility index (Phi) is 4.76. The van der Waals surface area contributed by atoms with E-state index in [-0.39, 0.29) is 11.6 Å². The SMILES string of the molecule is COCc1cn([C@@H]2CCN(C(=O)c3ccccc3C(F)(F)F)C2)nn1. The van der Waals surface area contributed by atoms with Crippen molar-refractivity contribution in [3.8, 4) is 0 Å². The summed E-state index contributed by atoms with van der Waals surface area (Å²) in [6, 6.07) is 4.74. The van der Waals surface area contributed by atoms with Crippen LogP contribution in [0.1, 0.15) is 34.1 Å². The van der Waals surface area contributed by atoms with Crippen LogP contribution in [-0.4, -0.2) is 46.0 Å². The van der Waals surface area contributed by atoms with Gasteiger partial charge in [-0.15, -0.1) is 5.10 Å². The summed E-state index contributed by atoms with van der Waals surface area (Å²) < 4.78 is 45.9. The number of halogens is 3. The highest BCUT2D eigenvalue weighted by Gasteiger charge is 2.37. The molecule has 1 fully saturated rings. The van der Waals surface area contributed by atoms with Crippen LogP contribution in [0.2, 0.25) is 0 Å². The van der Waals surface area contributed by atoms with Gasteiger partial charge in [0.2, 0.25) is 0 Å². The van der Waals surface area contributed by atoms with E-state index in [2.05, 4.69) is 10.3 Å². The summed E-state index contributed by atoms with van der Waals surface area (Å²) in [5.74, 6) is -0.618. The normalized spacial score (nSPS) is 17.9. The number of benzene rings is 1. The van der Waals surface area contributed by atoms with E-state index in [1.54, 1.807) is 18.0 Å². The Hall–Kier alpha value is -2.42. The Labute approximate surface area is 142 Å². The van der Waals surface area contributed by atoms with Crippen molar-refractivity contribution in [1.82, 2.24) is 19.9 Å². The molecule has 134 valence electrons. The number of hydrogen-bond acceptors (Lipinski definition) is 4. The number of methoxy groups -OCH3 is 1. The van der Waals surface area contributed by atoms with Crippen molar-refractivity contribution in [3.05, 3.63) is 47.3 Å². The van der Waals surface area contributed by atoms with Crippen molar-refractivity contribution >= 4 is 5.91 Å². The molecule has 1 saturated heterocycles. The number of aromatic nitrogens is 3. The average Bonchev–Trinajstić information content (AvgIpc) is 3.23. The van der Waals surface area contributed by atoms with Crippen molar-refractivity contribution in [2.45, 2.75) is 25.2 Å². The van der Waals surface area contributed by atoms with Crippen LogP contribution < -0.4 is 0 Å². The van der Waals surface area contributed by atoms with Crippen LogP contribution in [0.4, 0.5) is 13.2 Å². The Morgan fingerprint density at radius 1 is 1.36 bits per heavy atom. The van der Waals surface area contributed by atoms with E-state index in [9.17, 15) is 18.0 Å². The first kappa shape index (κ1) is 17.4. The molecule has 1 aromatic carbocycles. The molecule has 1 aromatic heterocycles. The lowest BCUT2D eigenvalue weighted by Gasteiger charge is -2.19. The second-order valence-electron chi connectivity index (χ2n) is 5.86. The molecule has 1 amide bonds. The Morgan fingerprint density at radius 2 is 2.12 bits per heavy atom. The molecule has 1 aliphatic rings. The zero-order valence-corrected chi connectivity index (χ0v) is 13.5. The molecule has 0 unspecified atom stereocenters. The lowest BCUT2D eigenvalue weighted by atomic mass is 10.1. The second-order valence-corrected chi connectivity index (χ2v) is 5.86. The lowest BCUT2D eigenvalue weighted by Crippen LogP contribution is -2.31. The highest BCUT2D eigenvalue weighted by atomic mass is 19.4. The molecule has 0 bridgehead atoms. The molecule has 0 saturated carbocycles. The average molecular weight is 354 g/mol. The third-order valence-corrected chi connectivity index (χ3v) is 4.14. The second kappa shape index (κ2) is 6.83. The largest absolute Gasteiger partial charge is 0.417 e. The van der Waals surface area contributed by atoms with Gasteiger partial charge in [-0.3, -0.25) is 4.79 Å². The number of rotatable bonds is 4. The van der Waals surface area contributed by atoms with Crippen LogP contribution in [0.5, 0.6) is 0 Å². The Morgan fingerprint density at radius 3 is 2.84 bits per heavy atom. The smallest absolute Gasteiger partial charge is 0.378 e. The van der Waals surface area contributed by atoms with Crippen LogP contribution in [0.25, 0.3) is 0 Å². The number of likely N-dealkylation sites (tertiary alicyclic amines) is 1. The topological polar surface area (TPSA) is 60.2 Å². The minimum atomic E-state index is -4.56. The van der Waals surface area contributed by atoms with Gasteiger partial charge in [-0.1, -0.05) is 17.3 Å². The fourth-order valence-corrected chi connectivity index (χ4v) is 2.94.